The summed E-state index contributed by atoms with van der Waals surface area (Å²) in [6.45, 7) is 0.384. The SMILES string of the molecule is O=C(CCCNC(=O)C1(O)CCCC1)Nc1ccc(Cl)cc1. The number of hydrogen-bond donors (Lipinski definition) is 3. The average Bonchev–Trinajstić information content (AvgIpc) is 2.94. The molecule has 1 aromatic carbocycles. The van der Waals surface area contributed by atoms with Crippen molar-refractivity contribution in [3.8, 4) is 0 Å². The molecule has 2 rings (SSSR count). The third-order valence-corrected chi connectivity index (χ3v) is 4.10. The Morgan fingerprint density at radius 2 is 1.82 bits per heavy atom. The highest BCUT2D eigenvalue weighted by Crippen LogP contribution is 2.29. The van der Waals surface area contributed by atoms with E-state index < -0.39 is 5.60 Å². The molecule has 120 valence electrons. The van der Waals surface area contributed by atoms with Crippen molar-refractivity contribution in [2.75, 3.05) is 11.9 Å². The third kappa shape index (κ3) is 4.71. The van der Waals surface area contributed by atoms with Gasteiger partial charge in [0.05, 0.1) is 0 Å². The summed E-state index contributed by atoms with van der Waals surface area (Å²) in [7, 11) is 0. The van der Waals surface area contributed by atoms with Crippen LogP contribution in [0.4, 0.5) is 5.69 Å². The predicted octanol–water partition coefficient (Wildman–Crippen LogP) is 2.48. The van der Waals surface area contributed by atoms with Gasteiger partial charge >= 0.3 is 0 Å². The molecule has 1 aliphatic rings. The van der Waals surface area contributed by atoms with Crippen LogP contribution in [0.1, 0.15) is 38.5 Å². The van der Waals surface area contributed by atoms with E-state index in [-0.39, 0.29) is 11.8 Å². The molecule has 1 aliphatic carbocycles. The lowest BCUT2D eigenvalue weighted by Gasteiger charge is -2.20. The van der Waals surface area contributed by atoms with E-state index in [9.17, 15) is 14.7 Å². The van der Waals surface area contributed by atoms with Gasteiger partial charge in [0.1, 0.15) is 5.60 Å². The Labute approximate surface area is 135 Å². The number of benzene rings is 1. The molecule has 6 heteroatoms. The fraction of sp³-hybridized carbons (Fsp3) is 0.500. The third-order valence-electron chi connectivity index (χ3n) is 3.85. The summed E-state index contributed by atoms with van der Waals surface area (Å²) in [4.78, 5) is 23.6. The van der Waals surface area contributed by atoms with Crippen LogP contribution in [-0.2, 0) is 9.59 Å². The minimum atomic E-state index is -1.20. The van der Waals surface area contributed by atoms with Gasteiger partial charge in [0, 0.05) is 23.7 Å². The quantitative estimate of drug-likeness (QED) is 0.703. The molecule has 0 spiro atoms. The van der Waals surface area contributed by atoms with Crippen molar-refractivity contribution in [1.82, 2.24) is 5.32 Å². The van der Waals surface area contributed by atoms with E-state index in [0.717, 1.165) is 12.8 Å². The van der Waals surface area contributed by atoms with Gasteiger partial charge in [-0.25, -0.2) is 0 Å². The molecule has 1 aromatic rings. The van der Waals surface area contributed by atoms with Crippen molar-refractivity contribution in [2.45, 2.75) is 44.1 Å². The van der Waals surface area contributed by atoms with Gasteiger partial charge in [-0.1, -0.05) is 11.6 Å². The minimum absolute atomic E-state index is 0.115. The largest absolute Gasteiger partial charge is 0.380 e. The van der Waals surface area contributed by atoms with Crippen LogP contribution in [0.2, 0.25) is 5.02 Å². The Hall–Kier alpha value is -1.59. The highest BCUT2D eigenvalue weighted by atomic mass is 35.5. The molecule has 1 saturated carbocycles. The lowest BCUT2D eigenvalue weighted by Crippen LogP contribution is -2.45. The summed E-state index contributed by atoms with van der Waals surface area (Å²) in [6, 6.07) is 6.88. The first-order valence-electron chi connectivity index (χ1n) is 7.56. The van der Waals surface area contributed by atoms with E-state index in [4.69, 9.17) is 11.6 Å². The molecule has 0 saturated heterocycles. The maximum absolute atomic E-state index is 11.9. The smallest absolute Gasteiger partial charge is 0.251 e. The van der Waals surface area contributed by atoms with E-state index in [1.165, 1.54) is 0 Å². The van der Waals surface area contributed by atoms with Crippen molar-refractivity contribution in [3.05, 3.63) is 29.3 Å². The second kappa shape index (κ2) is 7.61. The molecule has 0 atom stereocenters. The number of carbonyl (C=O) groups excluding carboxylic acids is 2. The first kappa shape index (κ1) is 16.8. The van der Waals surface area contributed by atoms with Crippen LogP contribution in [0.15, 0.2) is 24.3 Å². The number of amides is 2. The Morgan fingerprint density at radius 1 is 1.18 bits per heavy atom. The molecule has 0 radical (unpaired) electrons. The van der Waals surface area contributed by atoms with Gasteiger partial charge in [-0.05, 0) is 56.4 Å². The summed E-state index contributed by atoms with van der Waals surface area (Å²) in [5, 5.41) is 16.2. The Kier molecular flexibility index (Phi) is 5.80. The lowest BCUT2D eigenvalue weighted by molar-refractivity contribution is -0.139. The first-order valence-corrected chi connectivity index (χ1v) is 7.93. The second-order valence-corrected chi connectivity index (χ2v) is 6.09. The van der Waals surface area contributed by atoms with Crippen molar-refractivity contribution in [1.29, 1.82) is 0 Å². The molecule has 1 fully saturated rings. The number of anilines is 1. The summed E-state index contributed by atoms with van der Waals surface area (Å²) in [6.07, 6.45) is 3.65. The number of aliphatic hydroxyl groups is 1. The normalized spacial score (nSPS) is 16.3. The van der Waals surface area contributed by atoms with Crippen LogP contribution in [0.3, 0.4) is 0 Å². The predicted molar refractivity (Wildman–Crippen MR) is 85.7 cm³/mol. The van der Waals surface area contributed by atoms with Crippen LogP contribution in [0, 0.1) is 0 Å². The van der Waals surface area contributed by atoms with Crippen LogP contribution < -0.4 is 10.6 Å². The molecule has 0 bridgehead atoms. The zero-order valence-corrected chi connectivity index (χ0v) is 13.2. The molecule has 22 heavy (non-hydrogen) atoms. The monoisotopic (exact) mass is 324 g/mol. The van der Waals surface area contributed by atoms with E-state index in [0.29, 0.717) is 42.9 Å². The molecule has 0 heterocycles. The fourth-order valence-corrected chi connectivity index (χ4v) is 2.69. The molecular formula is C16H21ClN2O3. The van der Waals surface area contributed by atoms with Crippen molar-refractivity contribution in [2.24, 2.45) is 0 Å². The topological polar surface area (TPSA) is 78.4 Å². The Morgan fingerprint density at radius 3 is 2.45 bits per heavy atom. The zero-order chi connectivity index (χ0) is 16.0. The van der Waals surface area contributed by atoms with Gasteiger partial charge in [-0.3, -0.25) is 9.59 Å². The molecule has 0 aliphatic heterocycles. The van der Waals surface area contributed by atoms with Crippen LogP contribution >= 0.6 is 11.6 Å². The average molecular weight is 325 g/mol. The molecule has 5 nitrogen and oxygen atoms in total. The van der Waals surface area contributed by atoms with Gasteiger partial charge in [-0.2, -0.15) is 0 Å². The van der Waals surface area contributed by atoms with Crippen LogP contribution in [0.5, 0.6) is 0 Å². The van der Waals surface area contributed by atoms with E-state index in [1.54, 1.807) is 24.3 Å². The second-order valence-electron chi connectivity index (χ2n) is 5.65. The van der Waals surface area contributed by atoms with E-state index >= 15 is 0 Å². The van der Waals surface area contributed by atoms with Gasteiger partial charge in [-0.15, -0.1) is 0 Å². The van der Waals surface area contributed by atoms with Crippen molar-refractivity contribution < 1.29 is 14.7 Å². The number of carbonyl (C=O) groups is 2. The van der Waals surface area contributed by atoms with Gasteiger partial charge in [0.15, 0.2) is 0 Å². The number of nitrogens with one attached hydrogen (secondary N) is 2. The van der Waals surface area contributed by atoms with Crippen molar-refractivity contribution >= 4 is 29.1 Å². The summed E-state index contributed by atoms with van der Waals surface area (Å²) >= 11 is 5.77. The van der Waals surface area contributed by atoms with Crippen LogP contribution in [0.25, 0.3) is 0 Å². The van der Waals surface area contributed by atoms with E-state index in [1.807, 2.05) is 0 Å². The van der Waals surface area contributed by atoms with E-state index in [2.05, 4.69) is 10.6 Å². The van der Waals surface area contributed by atoms with Crippen LogP contribution in [-0.4, -0.2) is 29.1 Å². The molecule has 0 aromatic heterocycles. The summed E-state index contributed by atoms with van der Waals surface area (Å²) in [5.41, 5.74) is -0.510. The highest BCUT2D eigenvalue weighted by molar-refractivity contribution is 6.30. The van der Waals surface area contributed by atoms with Gasteiger partial charge in [0.2, 0.25) is 5.91 Å². The maximum Gasteiger partial charge on any atom is 0.251 e. The number of halogens is 1. The minimum Gasteiger partial charge on any atom is -0.380 e. The first-order chi connectivity index (χ1) is 10.5. The summed E-state index contributed by atoms with van der Waals surface area (Å²) < 4.78 is 0. The number of hydrogen-bond acceptors (Lipinski definition) is 3. The zero-order valence-electron chi connectivity index (χ0n) is 12.4. The van der Waals surface area contributed by atoms with Gasteiger partial charge < -0.3 is 15.7 Å². The summed E-state index contributed by atoms with van der Waals surface area (Å²) in [5.74, 6) is -0.431. The highest BCUT2D eigenvalue weighted by Gasteiger charge is 2.38. The Balaban J connectivity index is 1.65. The molecular weight excluding hydrogens is 304 g/mol. The molecule has 2 amide bonds. The molecule has 3 N–H and O–H groups in total. The number of rotatable bonds is 6. The molecule has 0 unspecified atom stereocenters. The fourth-order valence-electron chi connectivity index (χ4n) is 2.56. The Bertz CT molecular complexity index is 525. The standard InChI is InChI=1S/C16H21ClN2O3/c17-12-5-7-13(8-6-12)19-14(20)4-3-11-18-15(21)16(22)9-1-2-10-16/h5-8,22H,1-4,9-11H2,(H,18,21)(H,19,20). The maximum atomic E-state index is 11.9. The van der Waals surface area contributed by atoms with Crippen molar-refractivity contribution in [3.63, 3.8) is 0 Å². The lowest BCUT2D eigenvalue weighted by atomic mass is 10.0. The van der Waals surface area contributed by atoms with Gasteiger partial charge in [0.25, 0.3) is 5.91 Å².